The first-order valence-electron chi connectivity index (χ1n) is 6.85. The van der Waals surface area contributed by atoms with E-state index in [1.54, 1.807) is 0 Å². The molecule has 1 unspecified atom stereocenters. The molecule has 0 saturated carbocycles. The first-order valence-corrected chi connectivity index (χ1v) is 6.85. The first kappa shape index (κ1) is 15.4. The SMILES string of the molecule is CC(C)(C)CC(N)CC(=O)NC1(C)CCOCC1. The van der Waals surface area contributed by atoms with Gasteiger partial charge in [0.05, 0.1) is 0 Å². The molecule has 0 radical (unpaired) electrons. The zero-order valence-electron chi connectivity index (χ0n) is 12.2. The predicted octanol–water partition coefficient (Wildman–Crippen LogP) is 1.83. The van der Waals surface area contributed by atoms with Crippen molar-refractivity contribution < 1.29 is 9.53 Å². The number of amides is 1. The van der Waals surface area contributed by atoms with E-state index in [4.69, 9.17) is 10.5 Å². The maximum atomic E-state index is 12.0. The summed E-state index contributed by atoms with van der Waals surface area (Å²) >= 11 is 0. The van der Waals surface area contributed by atoms with Gasteiger partial charge in [0.2, 0.25) is 5.91 Å². The Kier molecular flexibility index (Phi) is 5.17. The summed E-state index contributed by atoms with van der Waals surface area (Å²) in [6, 6.07) is -0.0616. The van der Waals surface area contributed by atoms with Crippen LogP contribution in [0.3, 0.4) is 0 Å². The molecular formula is C14H28N2O2. The van der Waals surface area contributed by atoms with Gasteiger partial charge in [-0.3, -0.25) is 4.79 Å². The fourth-order valence-electron chi connectivity index (χ4n) is 2.43. The molecule has 1 fully saturated rings. The molecule has 4 heteroatoms. The molecule has 0 aromatic rings. The summed E-state index contributed by atoms with van der Waals surface area (Å²) in [6.45, 7) is 9.97. The molecule has 1 aliphatic heterocycles. The fraction of sp³-hybridized carbons (Fsp3) is 0.929. The van der Waals surface area contributed by atoms with Crippen molar-refractivity contribution in [1.82, 2.24) is 5.32 Å². The topological polar surface area (TPSA) is 64.4 Å². The molecule has 18 heavy (non-hydrogen) atoms. The molecule has 1 amide bonds. The number of hydrogen-bond acceptors (Lipinski definition) is 3. The molecule has 106 valence electrons. The highest BCUT2D eigenvalue weighted by Gasteiger charge is 2.29. The molecule has 1 saturated heterocycles. The van der Waals surface area contributed by atoms with Gasteiger partial charge in [-0.25, -0.2) is 0 Å². The number of nitrogens with one attached hydrogen (secondary N) is 1. The quantitative estimate of drug-likeness (QED) is 0.806. The van der Waals surface area contributed by atoms with E-state index in [1.807, 2.05) is 0 Å². The summed E-state index contributed by atoms with van der Waals surface area (Å²) in [5.41, 5.74) is 6.08. The molecule has 0 aromatic heterocycles. The van der Waals surface area contributed by atoms with Gasteiger partial charge >= 0.3 is 0 Å². The van der Waals surface area contributed by atoms with Crippen LogP contribution in [0, 0.1) is 5.41 Å². The Hall–Kier alpha value is -0.610. The second kappa shape index (κ2) is 6.02. The molecule has 0 aliphatic carbocycles. The maximum Gasteiger partial charge on any atom is 0.221 e. The van der Waals surface area contributed by atoms with Crippen molar-refractivity contribution in [2.75, 3.05) is 13.2 Å². The lowest BCUT2D eigenvalue weighted by Gasteiger charge is -2.35. The van der Waals surface area contributed by atoms with Gasteiger partial charge in [-0.15, -0.1) is 0 Å². The van der Waals surface area contributed by atoms with Gasteiger partial charge in [0.25, 0.3) is 0 Å². The highest BCUT2D eigenvalue weighted by atomic mass is 16.5. The summed E-state index contributed by atoms with van der Waals surface area (Å²) in [7, 11) is 0. The monoisotopic (exact) mass is 256 g/mol. The van der Waals surface area contributed by atoms with E-state index in [0.717, 1.165) is 32.5 Å². The molecule has 3 N–H and O–H groups in total. The first-order chi connectivity index (χ1) is 8.20. The zero-order chi connectivity index (χ0) is 13.8. The lowest BCUT2D eigenvalue weighted by Crippen LogP contribution is -2.50. The van der Waals surface area contributed by atoms with Gasteiger partial charge in [-0.05, 0) is 31.6 Å². The Labute approximate surface area is 111 Å². The van der Waals surface area contributed by atoms with E-state index in [9.17, 15) is 4.79 Å². The summed E-state index contributed by atoms with van der Waals surface area (Å²) < 4.78 is 5.32. The Bertz CT molecular complexity index is 278. The molecule has 0 spiro atoms. The Balaban J connectivity index is 2.36. The lowest BCUT2D eigenvalue weighted by atomic mass is 9.87. The highest BCUT2D eigenvalue weighted by molar-refractivity contribution is 5.77. The summed E-state index contributed by atoms with van der Waals surface area (Å²) in [6.07, 6.45) is 3.04. The molecule has 1 atom stereocenters. The average molecular weight is 256 g/mol. The van der Waals surface area contributed by atoms with Crippen LogP contribution in [-0.2, 0) is 9.53 Å². The molecular weight excluding hydrogens is 228 g/mol. The van der Waals surface area contributed by atoms with Crippen LogP contribution in [0.5, 0.6) is 0 Å². The minimum atomic E-state index is -0.114. The van der Waals surface area contributed by atoms with Crippen molar-refractivity contribution >= 4 is 5.91 Å². The Morgan fingerprint density at radius 2 is 1.94 bits per heavy atom. The van der Waals surface area contributed by atoms with Crippen LogP contribution in [0.1, 0.15) is 53.4 Å². The second-order valence-corrected chi connectivity index (χ2v) is 6.95. The van der Waals surface area contributed by atoms with Crippen molar-refractivity contribution in [2.24, 2.45) is 11.1 Å². The number of nitrogens with two attached hydrogens (primary N) is 1. The van der Waals surface area contributed by atoms with Crippen LogP contribution >= 0.6 is 0 Å². The summed E-state index contributed by atoms with van der Waals surface area (Å²) in [5.74, 6) is 0.0659. The van der Waals surface area contributed by atoms with Crippen molar-refractivity contribution in [3.8, 4) is 0 Å². The average Bonchev–Trinajstić information content (AvgIpc) is 2.13. The van der Waals surface area contributed by atoms with Crippen LogP contribution in [-0.4, -0.2) is 30.7 Å². The van der Waals surface area contributed by atoms with Gasteiger partial charge in [-0.1, -0.05) is 20.8 Å². The minimum Gasteiger partial charge on any atom is -0.381 e. The van der Waals surface area contributed by atoms with Crippen molar-refractivity contribution in [1.29, 1.82) is 0 Å². The van der Waals surface area contributed by atoms with Gasteiger partial charge in [0, 0.05) is 31.2 Å². The standard InChI is InChI=1S/C14H28N2O2/c1-13(2,3)10-11(15)9-12(17)16-14(4)5-7-18-8-6-14/h11H,5-10,15H2,1-4H3,(H,16,17). The van der Waals surface area contributed by atoms with Crippen LogP contribution < -0.4 is 11.1 Å². The van der Waals surface area contributed by atoms with Crippen molar-refractivity contribution in [3.05, 3.63) is 0 Å². The molecule has 1 rings (SSSR count). The maximum absolute atomic E-state index is 12.0. The van der Waals surface area contributed by atoms with Crippen LogP contribution in [0.15, 0.2) is 0 Å². The Morgan fingerprint density at radius 3 is 2.44 bits per heavy atom. The molecule has 1 heterocycles. The molecule has 1 aliphatic rings. The number of carbonyl (C=O) groups is 1. The van der Waals surface area contributed by atoms with Gasteiger partial charge in [-0.2, -0.15) is 0 Å². The van der Waals surface area contributed by atoms with E-state index in [-0.39, 0.29) is 22.9 Å². The third-order valence-corrected chi connectivity index (χ3v) is 3.36. The molecule has 4 nitrogen and oxygen atoms in total. The number of carbonyl (C=O) groups excluding carboxylic acids is 1. The number of ether oxygens (including phenoxy) is 1. The third-order valence-electron chi connectivity index (χ3n) is 3.36. The molecule has 0 aromatic carbocycles. The zero-order valence-corrected chi connectivity index (χ0v) is 12.2. The van der Waals surface area contributed by atoms with Crippen LogP contribution in [0.2, 0.25) is 0 Å². The summed E-state index contributed by atoms with van der Waals surface area (Å²) in [4.78, 5) is 12.0. The lowest BCUT2D eigenvalue weighted by molar-refractivity contribution is -0.124. The summed E-state index contributed by atoms with van der Waals surface area (Å²) in [5, 5.41) is 3.11. The van der Waals surface area contributed by atoms with E-state index < -0.39 is 0 Å². The van der Waals surface area contributed by atoms with Gasteiger partial charge < -0.3 is 15.8 Å². The van der Waals surface area contributed by atoms with Gasteiger partial charge in [0.1, 0.15) is 0 Å². The van der Waals surface area contributed by atoms with Crippen LogP contribution in [0.4, 0.5) is 0 Å². The second-order valence-electron chi connectivity index (χ2n) is 6.95. The fourth-order valence-corrected chi connectivity index (χ4v) is 2.43. The normalized spacial score (nSPS) is 21.4. The predicted molar refractivity (Wildman–Crippen MR) is 73.3 cm³/mol. The van der Waals surface area contributed by atoms with Crippen molar-refractivity contribution in [3.63, 3.8) is 0 Å². The van der Waals surface area contributed by atoms with Gasteiger partial charge in [0.15, 0.2) is 0 Å². The number of rotatable bonds is 4. The van der Waals surface area contributed by atoms with E-state index in [2.05, 4.69) is 33.0 Å². The van der Waals surface area contributed by atoms with E-state index >= 15 is 0 Å². The molecule has 0 bridgehead atoms. The minimum absolute atomic E-state index is 0.0616. The van der Waals surface area contributed by atoms with Crippen molar-refractivity contribution in [2.45, 2.75) is 65.0 Å². The largest absolute Gasteiger partial charge is 0.381 e. The smallest absolute Gasteiger partial charge is 0.221 e. The highest BCUT2D eigenvalue weighted by Crippen LogP contribution is 2.22. The third kappa shape index (κ3) is 5.83. The van der Waals surface area contributed by atoms with E-state index in [0.29, 0.717) is 6.42 Å². The van der Waals surface area contributed by atoms with Crippen LogP contribution in [0.25, 0.3) is 0 Å². The number of hydrogen-bond donors (Lipinski definition) is 2. The Morgan fingerprint density at radius 1 is 1.39 bits per heavy atom. The van der Waals surface area contributed by atoms with E-state index in [1.165, 1.54) is 0 Å².